The highest BCUT2D eigenvalue weighted by molar-refractivity contribution is 5.79. The highest BCUT2D eigenvalue weighted by Crippen LogP contribution is 2.39. The fourth-order valence-corrected chi connectivity index (χ4v) is 2.92. The highest BCUT2D eigenvalue weighted by Gasteiger charge is 2.20. The van der Waals surface area contributed by atoms with Crippen molar-refractivity contribution < 1.29 is 32.1 Å². The van der Waals surface area contributed by atoms with Crippen LogP contribution in [0.4, 0.5) is 8.78 Å². The Labute approximate surface area is 179 Å². The van der Waals surface area contributed by atoms with E-state index in [2.05, 4.69) is 20.4 Å². The van der Waals surface area contributed by atoms with Crippen LogP contribution in [-0.2, 0) is 17.7 Å². The lowest BCUT2D eigenvalue weighted by atomic mass is 10.1. The zero-order chi connectivity index (χ0) is 21.9. The van der Waals surface area contributed by atoms with Gasteiger partial charge in [-0.15, -0.1) is 0 Å². The van der Waals surface area contributed by atoms with Gasteiger partial charge in [0.05, 0.1) is 12.8 Å². The molecule has 1 aromatic carbocycles. The molecule has 0 bridgehead atoms. The molecule has 1 aliphatic heterocycles. The summed E-state index contributed by atoms with van der Waals surface area (Å²) >= 11 is 0. The molecular formula is C21H27F2N3O5. The molecule has 0 fully saturated rings. The number of furan rings is 1. The second-order valence-corrected chi connectivity index (χ2v) is 6.59. The van der Waals surface area contributed by atoms with Gasteiger partial charge >= 0.3 is 6.61 Å². The van der Waals surface area contributed by atoms with Crippen LogP contribution >= 0.6 is 0 Å². The van der Waals surface area contributed by atoms with Crippen molar-refractivity contribution >= 4 is 5.96 Å². The summed E-state index contributed by atoms with van der Waals surface area (Å²) in [6.07, 6.45) is 3.10. The number of hydrogen-bond acceptors (Lipinski definition) is 6. The number of nitrogens with one attached hydrogen (secondary N) is 2. The van der Waals surface area contributed by atoms with Gasteiger partial charge < -0.3 is 34.0 Å². The largest absolute Gasteiger partial charge is 0.469 e. The Hall–Kier alpha value is -3.01. The van der Waals surface area contributed by atoms with E-state index in [1.165, 1.54) is 6.07 Å². The van der Waals surface area contributed by atoms with Crippen molar-refractivity contribution in [3.8, 4) is 17.2 Å². The van der Waals surface area contributed by atoms with E-state index in [0.717, 1.165) is 12.2 Å². The van der Waals surface area contributed by atoms with Crippen LogP contribution in [0.15, 0.2) is 39.9 Å². The predicted octanol–water partition coefficient (Wildman–Crippen LogP) is 3.31. The Morgan fingerprint density at radius 3 is 2.74 bits per heavy atom. The van der Waals surface area contributed by atoms with Gasteiger partial charge in [0, 0.05) is 44.4 Å². The summed E-state index contributed by atoms with van der Waals surface area (Å²) < 4.78 is 51.6. The molecule has 10 heteroatoms. The third kappa shape index (κ3) is 7.32. The molecule has 0 atom stereocenters. The maximum absolute atomic E-state index is 12.8. The van der Waals surface area contributed by atoms with Gasteiger partial charge in [-0.25, -0.2) is 4.99 Å². The molecule has 170 valence electrons. The Bertz CT molecular complexity index is 831. The molecule has 0 unspecified atom stereocenters. The first kappa shape index (κ1) is 22.7. The monoisotopic (exact) mass is 439 g/mol. The van der Waals surface area contributed by atoms with Crippen LogP contribution in [0.1, 0.15) is 24.7 Å². The number of nitrogens with zero attached hydrogens (tertiary/aromatic N) is 1. The van der Waals surface area contributed by atoms with E-state index >= 15 is 0 Å². The van der Waals surface area contributed by atoms with Crippen LogP contribution in [0.25, 0.3) is 0 Å². The average molecular weight is 439 g/mol. The predicted molar refractivity (Wildman–Crippen MR) is 110 cm³/mol. The van der Waals surface area contributed by atoms with E-state index in [9.17, 15) is 8.78 Å². The molecular weight excluding hydrogens is 412 g/mol. The highest BCUT2D eigenvalue weighted by atomic mass is 19.3. The maximum atomic E-state index is 12.8. The summed E-state index contributed by atoms with van der Waals surface area (Å²) in [6, 6.07) is 6.74. The van der Waals surface area contributed by atoms with Crippen LogP contribution in [-0.4, -0.2) is 45.7 Å². The van der Waals surface area contributed by atoms with Crippen LogP contribution in [0.5, 0.6) is 17.2 Å². The average Bonchev–Trinajstić information content (AvgIpc) is 3.42. The number of fused-ring (bicyclic) bond motifs is 1. The van der Waals surface area contributed by atoms with E-state index in [0.29, 0.717) is 55.7 Å². The molecule has 2 N–H and O–H groups in total. The van der Waals surface area contributed by atoms with Gasteiger partial charge in [0.15, 0.2) is 17.5 Å². The molecule has 1 aromatic heterocycles. The summed E-state index contributed by atoms with van der Waals surface area (Å²) in [6.45, 7) is 1.68. The quantitative estimate of drug-likeness (QED) is 0.298. The Kier molecular flexibility index (Phi) is 8.77. The summed E-state index contributed by atoms with van der Waals surface area (Å²) in [5, 5.41) is 6.45. The van der Waals surface area contributed by atoms with Crippen LogP contribution < -0.4 is 24.8 Å². The molecule has 0 aliphatic carbocycles. The van der Waals surface area contributed by atoms with Crippen molar-refractivity contribution in [2.45, 2.75) is 32.9 Å². The minimum Gasteiger partial charge on any atom is -0.469 e. The maximum Gasteiger partial charge on any atom is 0.387 e. The molecule has 1 aliphatic rings. The second kappa shape index (κ2) is 12.0. The minimum absolute atomic E-state index is 0.00859. The topological polar surface area (TPSA) is 86.5 Å². The third-order valence-electron chi connectivity index (χ3n) is 4.39. The lowest BCUT2D eigenvalue weighted by Crippen LogP contribution is -2.39. The van der Waals surface area contributed by atoms with Gasteiger partial charge in [0.25, 0.3) is 0 Å². The lowest BCUT2D eigenvalue weighted by molar-refractivity contribution is -0.0505. The number of rotatable bonds is 12. The molecule has 0 saturated carbocycles. The van der Waals surface area contributed by atoms with Gasteiger partial charge in [-0.3, -0.25) is 0 Å². The first-order valence-electron chi connectivity index (χ1n) is 10.2. The smallest absolute Gasteiger partial charge is 0.387 e. The van der Waals surface area contributed by atoms with Gasteiger partial charge in [0.1, 0.15) is 11.5 Å². The summed E-state index contributed by atoms with van der Waals surface area (Å²) in [4.78, 5) is 4.53. The molecule has 2 heterocycles. The molecule has 2 aromatic rings. The van der Waals surface area contributed by atoms with Crippen molar-refractivity contribution in [3.63, 3.8) is 0 Å². The molecule has 31 heavy (non-hydrogen) atoms. The van der Waals surface area contributed by atoms with Crippen molar-refractivity contribution in [1.29, 1.82) is 0 Å². The van der Waals surface area contributed by atoms with E-state index in [1.807, 2.05) is 19.1 Å². The zero-order valence-electron chi connectivity index (χ0n) is 17.4. The molecule has 3 rings (SSSR count). The fraction of sp³-hybridized carbons (Fsp3) is 0.476. The van der Waals surface area contributed by atoms with Gasteiger partial charge in [0.2, 0.25) is 6.79 Å². The van der Waals surface area contributed by atoms with Crippen molar-refractivity contribution in [1.82, 2.24) is 10.6 Å². The first-order chi connectivity index (χ1) is 15.2. The van der Waals surface area contributed by atoms with Crippen molar-refractivity contribution in [3.05, 3.63) is 41.9 Å². The van der Waals surface area contributed by atoms with Crippen molar-refractivity contribution in [2.24, 2.45) is 4.99 Å². The molecule has 8 nitrogen and oxygen atoms in total. The molecule has 0 spiro atoms. The van der Waals surface area contributed by atoms with Crippen LogP contribution in [0, 0.1) is 0 Å². The Balaban J connectivity index is 1.65. The third-order valence-corrected chi connectivity index (χ3v) is 4.39. The number of benzene rings is 1. The fourth-order valence-electron chi connectivity index (χ4n) is 2.92. The Morgan fingerprint density at radius 1 is 1.19 bits per heavy atom. The lowest BCUT2D eigenvalue weighted by Gasteiger charge is -2.14. The summed E-state index contributed by atoms with van der Waals surface area (Å²) in [7, 11) is 0. The number of ether oxygens (including phenoxy) is 4. The summed E-state index contributed by atoms with van der Waals surface area (Å²) in [5.41, 5.74) is 0.464. The molecule has 0 radical (unpaired) electrons. The Morgan fingerprint density at radius 2 is 2.00 bits per heavy atom. The second-order valence-electron chi connectivity index (χ2n) is 6.59. The number of halogens is 2. The molecule has 0 saturated heterocycles. The van der Waals surface area contributed by atoms with Gasteiger partial charge in [-0.2, -0.15) is 8.78 Å². The van der Waals surface area contributed by atoms with Crippen LogP contribution in [0.2, 0.25) is 0 Å². The first-order valence-corrected chi connectivity index (χ1v) is 10.2. The van der Waals surface area contributed by atoms with E-state index in [4.69, 9.17) is 18.6 Å². The van der Waals surface area contributed by atoms with Gasteiger partial charge in [-0.1, -0.05) is 0 Å². The van der Waals surface area contributed by atoms with Crippen LogP contribution in [0.3, 0.4) is 0 Å². The van der Waals surface area contributed by atoms with Crippen molar-refractivity contribution in [2.75, 3.05) is 33.1 Å². The van der Waals surface area contributed by atoms with E-state index in [-0.39, 0.29) is 19.1 Å². The number of alkyl halides is 2. The SMILES string of the molecule is CCOCCCNC(=NCc1cc2c(cc1OC(F)F)OCO2)NCCc1ccco1. The standard InChI is InChI=1S/C21H27F2N3O5/c1-2-27-9-4-7-24-21(25-8-6-16-5-3-10-28-16)26-13-15-11-18-19(30-14-29-18)12-17(15)31-20(22)23/h3,5,10-12,20H,2,4,6-9,13-14H2,1H3,(H2,24,25,26). The normalized spacial score (nSPS) is 13.0. The zero-order valence-corrected chi connectivity index (χ0v) is 17.4. The number of guanidine groups is 1. The molecule has 0 amide bonds. The van der Waals surface area contributed by atoms with E-state index < -0.39 is 6.61 Å². The van der Waals surface area contributed by atoms with Gasteiger partial charge in [-0.05, 0) is 31.5 Å². The summed E-state index contributed by atoms with van der Waals surface area (Å²) in [5.74, 6) is 2.25. The number of aliphatic imine (C=N–C) groups is 1. The minimum atomic E-state index is -2.95. The number of hydrogen-bond donors (Lipinski definition) is 2. The van der Waals surface area contributed by atoms with E-state index in [1.54, 1.807) is 12.3 Å².